The van der Waals surface area contributed by atoms with E-state index < -0.39 is 4.92 Å². The molecule has 0 saturated carbocycles. The van der Waals surface area contributed by atoms with Crippen LogP contribution in [-0.4, -0.2) is 11.3 Å². The molecule has 6 nitrogen and oxygen atoms in total. The summed E-state index contributed by atoms with van der Waals surface area (Å²) in [6, 6.07) is 3.18. The van der Waals surface area contributed by atoms with E-state index in [1.807, 2.05) is 0 Å². The first kappa shape index (κ1) is 8.14. The van der Waals surface area contributed by atoms with Gasteiger partial charge in [-0.25, -0.2) is 10.4 Å². The molecule has 2 N–H and O–H groups in total. The molecule has 1 aromatic heterocycles. The van der Waals surface area contributed by atoms with Gasteiger partial charge in [-0.2, -0.15) is 0 Å². The van der Waals surface area contributed by atoms with E-state index in [0.717, 1.165) is 16.2 Å². The topological polar surface area (TPSA) is 79.6 Å². The molecule has 2 heterocycles. The van der Waals surface area contributed by atoms with Crippen LogP contribution in [-0.2, 0) is 0 Å². The largest absolute Gasteiger partial charge is 0.324 e. The molecule has 0 fully saturated rings. The normalized spacial score (nSPS) is 20.2. The Morgan fingerprint density at radius 1 is 1.62 bits per heavy atom. The molecule has 0 aliphatic carbocycles. The van der Waals surface area contributed by atoms with Crippen molar-refractivity contribution in [1.82, 2.24) is 10.9 Å². The van der Waals surface area contributed by atoms with Crippen molar-refractivity contribution in [3.05, 3.63) is 27.1 Å². The van der Waals surface area contributed by atoms with Gasteiger partial charge in [-0.15, -0.1) is 0 Å². The van der Waals surface area contributed by atoms with Gasteiger partial charge in [0.25, 0.3) is 0 Å². The maximum Gasteiger partial charge on any atom is 0.324 e. The van der Waals surface area contributed by atoms with Crippen molar-refractivity contribution in [2.75, 3.05) is 0 Å². The summed E-state index contributed by atoms with van der Waals surface area (Å²) in [5.74, 6) is 0. The van der Waals surface area contributed by atoms with E-state index in [1.54, 1.807) is 6.07 Å². The molecule has 7 heteroatoms. The number of nitrogens with zero attached hydrogens (tertiary/aromatic N) is 2. The van der Waals surface area contributed by atoms with Crippen molar-refractivity contribution < 1.29 is 4.92 Å². The summed E-state index contributed by atoms with van der Waals surface area (Å²) in [6.45, 7) is 0. The molecule has 0 amide bonds. The predicted molar refractivity (Wildman–Crippen MR) is 48.5 cm³/mol. The van der Waals surface area contributed by atoms with Gasteiger partial charge in [0.15, 0.2) is 6.17 Å². The van der Waals surface area contributed by atoms with Gasteiger partial charge in [0.2, 0.25) is 0 Å². The van der Waals surface area contributed by atoms with Gasteiger partial charge in [0.05, 0.1) is 16.1 Å². The standard InChI is InChI=1S/C6H6N4O2S/c11-10(12)5-2-1-4(13-5)6-7-3-8-9-6/h1-3,6,9H,(H,7,8). The summed E-state index contributed by atoms with van der Waals surface area (Å²) in [5.41, 5.74) is 5.55. The van der Waals surface area contributed by atoms with Crippen molar-refractivity contribution in [2.24, 2.45) is 4.99 Å². The molecule has 2 rings (SSSR count). The monoisotopic (exact) mass is 198 g/mol. The molecule has 1 atom stereocenters. The number of hydrogen-bond donors (Lipinski definition) is 2. The lowest BCUT2D eigenvalue weighted by molar-refractivity contribution is -0.380. The molecular weight excluding hydrogens is 192 g/mol. The van der Waals surface area contributed by atoms with Crippen molar-refractivity contribution in [3.63, 3.8) is 0 Å². The number of rotatable bonds is 2. The van der Waals surface area contributed by atoms with E-state index in [2.05, 4.69) is 15.8 Å². The fourth-order valence-electron chi connectivity index (χ4n) is 0.997. The number of nitrogens with one attached hydrogen (secondary N) is 2. The highest BCUT2D eigenvalue weighted by Gasteiger charge is 2.18. The minimum absolute atomic E-state index is 0.138. The van der Waals surface area contributed by atoms with Gasteiger partial charge < -0.3 is 5.43 Å². The van der Waals surface area contributed by atoms with Crippen molar-refractivity contribution in [2.45, 2.75) is 6.17 Å². The van der Waals surface area contributed by atoms with Crippen LogP contribution in [0.1, 0.15) is 11.0 Å². The summed E-state index contributed by atoms with van der Waals surface area (Å²) in [5, 5.41) is 10.5. The summed E-state index contributed by atoms with van der Waals surface area (Å²) < 4.78 is 0. The fourth-order valence-corrected chi connectivity index (χ4v) is 1.82. The third-order valence-corrected chi connectivity index (χ3v) is 2.66. The SMILES string of the molecule is O=[N+]([O-])c1ccc(C2N=CNN2)s1. The predicted octanol–water partition coefficient (Wildman–Crippen LogP) is 0.791. The second-order valence-electron chi connectivity index (χ2n) is 2.40. The van der Waals surface area contributed by atoms with Gasteiger partial charge in [-0.05, 0) is 6.07 Å². The second kappa shape index (κ2) is 3.11. The summed E-state index contributed by atoms with van der Waals surface area (Å²) in [4.78, 5) is 14.8. The molecule has 1 aromatic rings. The summed E-state index contributed by atoms with van der Waals surface area (Å²) >= 11 is 1.12. The third kappa shape index (κ3) is 1.51. The number of hydrogen-bond acceptors (Lipinski definition) is 6. The fraction of sp³-hybridized carbons (Fsp3) is 0.167. The Kier molecular flexibility index (Phi) is 1.95. The number of hydrazine groups is 1. The Bertz CT molecular complexity index is 361. The number of nitro groups is 1. The van der Waals surface area contributed by atoms with Crippen LogP contribution in [0.2, 0.25) is 0 Å². The second-order valence-corrected chi connectivity index (χ2v) is 3.50. The van der Waals surface area contributed by atoms with Crippen molar-refractivity contribution in [1.29, 1.82) is 0 Å². The van der Waals surface area contributed by atoms with Crippen LogP contribution < -0.4 is 10.9 Å². The summed E-state index contributed by atoms with van der Waals surface area (Å²) in [7, 11) is 0. The average molecular weight is 198 g/mol. The quantitative estimate of drug-likeness (QED) is 0.544. The highest BCUT2D eigenvalue weighted by atomic mass is 32.1. The van der Waals surface area contributed by atoms with Crippen molar-refractivity contribution in [3.8, 4) is 0 Å². The van der Waals surface area contributed by atoms with E-state index >= 15 is 0 Å². The molecule has 68 valence electrons. The number of aliphatic imine (C=N–C) groups is 1. The molecule has 13 heavy (non-hydrogen) atoms. The summed E-state index contributed by atoms with van der Waals surface area (Å²) in [6.07, 6.45) is 1.33. The van der Waals surface area contributed by atoms with Gasteiger partial charge in [-0.3, -0.25) is 10.1 Å². The lowest BCUT2D eigenvalue weighted by Crippen LogP contribution is -2.25. The lowest BCUT2D eigenvalue weighted by Gasteiger charge is -2.02. The van der Waals surface area contributed by atoms with Crippen LogP contribution in [0.25, 0.3) is 0 Å². The molecule has 1 unspecified atom stereocenters. The first-order chi connectivity index (χ1) is 6.27. The van der Waals surface area contributed by atoms with Gasteiger partial charge >= 0.3 is 5.00 Å². The maximum absolute atomic E-state index is 10.4. The van der Waals surface area contributed by atoms with Crippen LogP contribution in [0.5, 0.6) is 0 Å². The minimum Gasteiger partial charge on any atom is -0.310 e. The van der Waals surface area contributed by atoms with E-state index in [-0.39, 0.29) is 11.2 Å². The van der Waals surface area contributed by atoms with Crippen LogP contribution in [0, 0.1) is 10.1 Å². The minimum atomic E-state index is -0.403. The highest BCUT2D eigenvalue weighted by molar-refractivity contribution is 7.15. The Morgan fingerprint density at radius 2 is 2.46 bits per heavy atom. The zero-order valence-corrected chi connectivity index (χ0v) is 7.25. The van der Waals surface area contributed by atoms with E-state index in [0.29, 0.717) is 0 Å². The molecule has 1 aliphatic rings. The Balaban J connectivity index is 2.22. The van der Waals surface area contributed by atoms with Gasteiger partial charge in [0.1, 0.15) is 0 Å². The molecule has 0 aromatic carbocycles. The molecule has 1 aliphatic heterocycles. The zero-order valence-electron chi connectivity index (χ0n) is 6.43. The average Bonchev–Trinajstić information content (AvgIpc) is 2.75. The molecule has 0 spiro atoms. The van der Waals surface area contributed by atoms with E-state index in [1.165, 1.54) is 12.4 Å². The van der Waals surface area contributed by atoms with Gasteiger partial charge in [0, 0.05) is 6.07 Å². The maximum atomic E-state index is 10.4. The Morgan fingerprint density at radius 3 is 3.00 bits per heavy atom. The van der Waals surface area contributed by atoms with Gasteiger partial charge in [-0.1, -0.05) is 11.3 Å². The smallest absolute Gasteiger partial charge is 0.310 e. The zero-order chi connectivity index (χ0) is 9.26. The van der Waals surface area contributed by atoms with Crippen molar-refractivity contribution >= 4 is 22.7 Å². The van der Waals surface area contributed by atoms with E-state index in [4.69, 9.17) is 0 Å². The van der Waals surface area contributed by atoms with E-state index in [9.17, 15) is 10.1 Å². The first-order valence-corrected chi connectivity index (χ1v) is 4.36. The third-order valence-electron chi connectivity index (χ3n) is 1.57. The first-order valence-electron chi connectivity index (χ1n) is 3.54. The highest BCUT2D eigenvalue weighted by Crippen LogP contribution is 2.29. The van der Waals surface area contributed by atoms with Crippen LogP contribution in [0.4, 0.5) is 5.00 Å². The van der Waals surface area contributed by atoms with Crippen LogP contribution in [0.15, 0.2) is 17.1 Å². The van der Waals surface area contributed by atoms with Crippen LogP contribution >= 0.6 is 11.3 Å². The Labute approximate surface area is 77.4 Å². The Hall–Kier alpha value is -1.47. The van der Waals surface area contributed by atoms with Crippen LogP contribution in [0.3, 0.4) is 0 Å². The molecule has 0 bridgehead atoms. The molecule has 0 saturated heterocycles. The molecule has 0 radical (unpaired) electrons. The lowest BCUT2D eigenvalue weighted by atomic mass is 10.4. The molecular formula is C6H6N4O2S. The number of thiophene rings is 1.